The number of nitrogens with zero attached hydrogens (tertiary/aromatic N) is 1. The minimum Gasteiger partial charge on any atom is -0.368 e. The van der Waals surface area contributed by atoms with E-state index in [1.165, 1.54) is 16.4 Å². The van der Waals surface area contributed by atoms with E-state index in [1.54, 1.807) is 18.2 Å². The van der Waals surface area contributed by atoms with Gasteiger partial charge in [0.1, 0.15) is 6.04 Å². The van der Waals surface area contributed by atoms with E-state index in [1.807, 2.05) is 0 Å². The van der Waals surface area contributed by atoms with E-state index in [2.05, 4.69) is 0 Å². The van der Waals surface area contributed by atoms with Crippen LogP contribution in [0.3, 0.4) is 0 Å². The zero-order chi connectivity index (χ0) is 13.2. The van der Waals surface area contributed by atoms with Gasteiger partial charge < -0.3 is 5.73 Å². The molecule has 6 heteroatoms. The van der Waals surface area contributed by atoms with Crippen LogP contribution in [0.25, 0.3) is 0 Å². The minimum atomic E-state index is -3.62. The highest BCUT2D eigenvalue weighted by Gasteiger charge is 2.36. The van der Waals surface area contributed by atoms with Crippen LogP contribution in [-0.2, 0) is 14.8 Å². The molecular formula is C12H16N2O3S. The number of nitrogens with two attached hydrogens (primary N) is 1. The summed E-state index contributed by atoms with van der Waals surface area (Å²) >= 11 is 0. The number of piperidine rings is 1. The molecule has 2 rings (SSSR count). The number of hydrogen-bond donors (Lipinski definition) is 1. The van der Waals surface area contributed by atoms with E-state index in [0.29, 0.717) is 13.0 Å². The monoisotopic (exact) mass is 268 g/mol. The van der Waals surface area contributed by atoms with Gasteiger partial charge in [-0.05, 0) is 25.0 Å². The van der Waals surface area contributed by atoms with Crippen LogP contribution in [0.15, 0.2) is 35.2 Å². The maximum absolute atomic E-state index is 12.4. The molecule has 1 aromatic carbocycles. The Morgan fingerprint density at radius 1 is 1.22 bits per heavy atom. The second-order valence-corrected chi connectivity index (χ2v) is 6.23. The smallest absolute Gasteiger partial charge is 0.243 e. The van der Waals surface area contributed by atoms with E-state index < -0.39 is 22.0 Å². The van der Waals surface area contributed by atoms with Crippen molar-refractivity contribution in [3.63, 3.8) is 0 Å². The van der Waals surface area contributed by atoms with Gasteiger partial charge in [0.2, 0.25) is 15.9 Å². The third-order valence-corrected chi connectivity index (χ3v) is 5.05. The molecule has 1 aliphatic rings. The minimum absolute atomic E-state index is 0.207. The lowest BCUT2D eigenvalue weighted by Gasteiger charge is -2.32. The Kier molecular flexibility index (Phi) is 3.68. The van der Waals surface area contributed by atoms with Crippen LogP contribution in [0, 0.1) is 0 Å². The molecule has 1 aliphatic heterocycles. The standard InChI is InChI=1S/C12H16N2O3S/c13-12(15)11-8-4-5-9-14(11)18(16,17)10-6-2-1-3-7-10/h1-3,6-7,11H,4-5,8-9H2,(H2,13,15)/t11-/m0/s1. The van der Waals surface area contributed by atoms with Gasteiger partial charge in [-0.2, -0.15) is 4.31 Å². The summed E-state index contributed by atoms with van der Waals surface area (Å²) in [5.74, 6) is -0.575. The van der Waals surface area contributed by atoms with Crippen molar-refractivity contribution in [2.75, 3.05) is 6.54 Å². The van der Waals surface area contributed by atoms with E-state index >= 15 is 0 Å². The van der Waals surface area contributed by atoms with Crippen molar-refractivity contribution in [2.24, 2.45) is 5.73 Å². The van der Waals surface area contributed by atoms with Gasteiger partial charge in [-0.25, -0.2) is 8.42 Å². The molecule has 1 heterocycles. The zero-order valence-corrected chi connectivity index (χ0v) is 10.8. The lowest BCUT2D eigenvalue weighted by molar-refractivity contribution is -0.122. The van der Waals surface area contributed by atoms with Gasteiger partial charge >= 0.3 is 0 Å². The molecule has 1 atom stereocenters. The van der Waals surface area contributed by atoms with Gasteiger partial charge in [0.05, 0.1) is 4.90 Å². The molecule has 0 unspecified atom stereocenters. The van der Waals surface area contributed by atoms with Crippen molar-refractivity contribution in [3.05, 3.63) is 30.3 Å². The Bertz CT molecular complexity index is 528. The van der Waals surface area contributed by atoms with E-state index in [-0.39, 0.29) is 4.90 Å². The van der Waals surface area contributed by atoms with Gasteiger partial charge in [-0.1, -0.05) is 24.6 Å². The van der Waals surface area contributed by atoms with Crippen molar-refractivity contribution >= 4 is 15.9 Å². The van der Waals surface area contributed by atoms with Crippen molar-refractivity contribution in [1.82, 2.24) is 4.31 Å². The van der Waals surface area contributed by atoms with E-state index in [0.717, 1.165) is 12.8 Å². The molecule has 18 heavy (non-hydrogen) atoms. The maximum atomic E-state index is 12.4. The predicted molar refractivity (Wildman–Crippen MR) is 67.2 cm³/mol. The number of rotatable bonds is 3. The number of carbonyl (C=O) groups excluding carboxylic acids is 1. The van der Waals surface area contributed by atoms with Crippen molar-refractivity contribution in [2.45, 2.75) is 30.2 Å². The molecule has 0 bridgehead atoms. The van der Waals surface area contributed by atoms with Crippen molar-refractivity contribution in [3.8, 4) is 0 Å². The predicted octanol–water partition coefficient (Wildman–Crippen LogP) is 0.715. The largest absolute Gasteiger partial charge is 0.368 e. The first kappa shape index (κ1) is 13.0. The van der Waals surface area contributed by atoms with Gasteiger partial charge in [-0.15, -0.1) is 0 Å². The summed E-state index contributed by atoms with van der Waals surface area (Å²) < 4.78 is 26.1. The number of hydrogen-bond acceptors (Lipinski definition) is 3. The summed E-state index contributed by atoms with van der Waals surface area (Å²) in [5, 5.41) is 0. The molecule has 0 saturated carbocycles. The fourth-order valence-electron chi connectivity index (χ4n) is 2.20. The van der Waals surface area contributed by atoms with Crippen LogP contribution < -0.4 is 5.73 Å². The average molecular weight is 268 g/mol. The normalized spacial score (nSPS) is 21.7. The molecule has 1 aromatic rings. The van der Waals surface area contributed by atoms with Gasteiger partial charge in [0, 0.05) is 6.54 Å². The fourth-order valence-corrected chi connectivity index (χ4v) is 3.89. The molecular weight excluding hydrogens is 252 g/mol. The zero-order valence-electron chi connectivity index (χ0n) is 9.95. The SMILES string of the molecule is NC(=O)[C@@H]1CCCCN1S(=O)(=O)c1ccccc1. The molecule has 0 aliphatic carbocycles. The first-order chi connectivity index (χ1) is 8.53. The van der Waals surface area contributed by atoms with Crippen LogP contribution in [0.5, 0.6) is 0 Å². The van der Waals surface area contributed by atoms with Crippen LogP contribution in [-0.4, -0.2) is 31.2 Å². The Labute approximate surface area is 107 Å². The molecule has 98 valence electrons. The summed E-state index contributed by atoms with van der Waals surface area (Å²) in [6, 6.07) is 7.42. The quantitative estimate of drug-likeness (QED) is 0.877. The number of primary amides is 1. The average Bonchev–Trinajstić information content (AvgIpc) is 2.39. The molecule has 0 aromatic heterocycles. The molecule has 0 radical (unpaired) electrons. The van der Waals surface area contributed by atoms with Gasteiger partial charge in [0.15, 0.2) is 0 Å². The Balaban J connectivity index is 2.36. The number of benzene rings is 1. The second kappa shape index (κ2) is 5.07. The molecule has 2 N–H and O–H groups in total. The highest BCUT2D eigenvalue weighted by Crippen LogP contribution is 2.24. The Morgan fingerprint density at radius 2 is 1.89 bits per heavy atom. The van der Waals surface area contributed by atoms with Crippen LogP contribution in [0.4, 0.5) is 0 Å². The van der Waals surface area contributed by atoms with Crippen LogP contribution in [0.1, 0.15) is 19.3 Å². The summed E-state index contributed by atoms with van der Waals surface area (Å²) in [6.07, 6.45) is 2.09. The third kappa shape index (κ3) is 2.39. The third-order valence-electron chi connectivity index (χ3n) is 3.13. The molecule has 1 fully saturated rings. The highest BCUT2D eigenvalue weighted by molar-refractivity contribution is 7.89. The molecule has 5 nitrogen and oxygen atoms in total. The summed E-state index contributed by atoms with van der Waals surface area (Å²) in [7, 11) is -3.62. The Hall–Kier alpha value is -1.40. The van der Waals surface area contributed by atoms with Gasteiger partial charge in [-0.3, -0.25) is 4.79 Å². The lowest BCUT2D eigenvalue weighted by Crippen LogP contribution is -2.50. The second-order valence-electron chi connectivity index (χ2n) is 4.34. The summed E-state index contributed by atoms with van der Waals surface area (Å²) in [6.45, 7) is 0.352. The van der Waals surface area contributed by atoms with E-state index in [9.17, 15) is 13.2 Å². The van der Waals surface area contributed by atoms with E-state index in [4.69, 9.17) is 5.73 Å². The first-order valence-corrected chi connectivity index (χ1v) is 7.33. The lowest BCUT2D eigenvalue weighted by atomic mass is 10.0. The summed E-state index contributed by atoms with van der Waals surface area (Å²) in [4.78, 5) is 11.6. The van der Waals surface area contributed by atoms with Crippen molar-refractivity contribution < 1.29 is 13.2 Å². The van der Waals surface area contributed by atoms with Crippen LogP contribution >= 0.6 is 0 Å². The first-order valence-electron chi connectivity index (χ1n) is 5.89. The fraction of sp³-hybridized carbons (Fsp3) is 0.417. The number of amides is 1. The highest BCUT2D eigenvalue weighted by atomic mass is 32.2. The van der Waals surface area contributed by atoms with Crippen molar-refractivity contribution in [1.29, 1.82) is 0 Å². The molecule has 1 amide bonds. The maximum Gasteiger partial charge on any atom is 0.243 e. The number of carbonyl (C=O) groups is 1. The number of sulfonamides is 1. The molecule has 1 saturated heterocycles. The van der Waals surface area contributed by atoms with Gasteiger partial charge in [0.25, 0.3) is 0 Å². The summed E-state index contributed by atoms with van der Waals surface area (Å²) in [5.41, 5.74) is 5.29. The molecule has 0 spiro atoms. The Morgan fingerprint density at radius 3 is 2.50 bits per heavy atom. The topological polar surface area (TPSA) is 80.5 Å². The van der Waals surface area contributed by atoms with Crippen LogP contribution in [0.2, 0.25) is 0 Å².